The molecular formula is C17H22N2O2. The summed E-state index contributed by atoms with van der Waals surface area (Å²) in [5.74, 6) is -0.0171. The second-order valence-electron chi connectivity index (χ2n) is 5.90. The van der Waals surface area contributed by atoms with Crippen LogP contribution in [-0.4, -0.2) is 23.8 Å². The molecule has 2 aliphatic rings. The molecule has 21 heavy (non-hydrogen) atoms. The first-order valence-corrected chi connectivity index (χ1v) is 7.91. The van der Waals surface area contributed by atoms with Crippen LogP contribution in [0.2, 0.25) is 0 Å². The van der Waals surface area contributed by atoms with Crippen LogP contribution in [-0.2, 0) is 9.63 Å². The second kappa shape index (κ2) is 6.74. The molecule has 0 radical (unpaired) electrons. The third kappa shape index (κ3) is 3.63. The van der Waals surface area contributed by atoms with Crippen molar-refractivity contribution in [3.63, 3.8) is 0 Å². The molecule has 1 heterocycles. The fourth-order valence-electron chi connectivity index (χ4n) is 3.04. The van der Waals surface area contributed by atoms with Gasteiger partial charge in [-0.05, 0) is 18.4 Å². The Morgan fingerprint density at radius 1 is 1.10 bits per heavy atom. The summed E-state index contributed by atoms with van der Waals surface area (Å²) in [6, 6.07) is 10.2. The van der Waals surface area contributed by atoms with Gasteiger partial charge in [-0.15, -0.1) is 0 Å². The van der Waals surface area contributed by atoms with Gasteiger partial charge >= 0.3 is 0 Å². The molecule has 112 valence electrons. The van der Waals surface area contributed by atoms with Gasteiger partial charge in [0.15, 0.2) is 0 Å². The van der Waals surface area contributed by atoms with Gasteiger partial charge in [0.2, 0.25) is 6.10 Å². The van der Waals surface area contributed by atoms with Crippen LogP contribution >= 0.6 is 0 Å². The summed E-state index contributed by atoms with van der Waals surface area (Å²) >= 11 is 0. The smallest absolute Gasteiger partial charge is 0.264 e. The predicted molar refractivity (Wildman–Crippen MR) is 82.1 cm³/mol. The normalized spacial score (nSPS) is 23.0. The van der Waals surface area contributed by atoms with Gasteiger partial charge in [-0.3, -0.25) is 4.79 Å². The maximum atomic E-state index is 12.3. The zero-order chi connectivity index (χ0) is 14.5. The number of rotatable bonds is 3. The first kappa shape index (κ1) is 14.1. The minimum Gasteiger partial charge on any atom is -0.382 e. The minimum atomic E-state index is -0.469. The number of nitrogens with zero attached hydrogens (tertiary/aromatic N) is 1. The summed E-state index contributed by atoms with van der Waals surface area (Å²) in [6.07, 6.45) is 7.26. The van der Waals surface area contributed by atoms with Crippen molar-refractivity contribution in [3.8, 4) is 0 Å². The van der Waals surface area contributed by atoms with E-state index >= 15 is 0 Å². The number of amides is 1. The van der Waals surface area contributed by atoms with E-state index in [2.05, 4.69) is 10.5 Å². The maximum absolute atomic E-state index is 12.3. The second-order valence-corrected chi connectivity index (χ2v) is 5.90. The molecule has 0 spiro atoms. The van der Waals surface area contributed by atoms with Gasteiger partial charge in [-0.2, -0.15) is 0 Å². The van der Waals surface area contributed by atoms with E-state index in [1.807, 2.05) is 30.3 Å². The highest BCUT2D eigenvalue weighted by Crippen LogP contribution is 2.20. The predicted octanol–water partition coefficient (Wildman–Crippen LogP) is 3.02. The Balaban J connectivity index is 1.53. The molecule has 4 heteroatoms. The van der Waals surface area contributed by atoms with Crippen LogP contribution < -0.4 is 5.32 Å². The Labute approximate surface area is 125 Å². The summed E-state index contributed by atoms with van der Waals surface area (Å²) in [4.78, 5) is 17.6. The largest absolute Gasteiger partial charge is 0.382 e. The van der Waals surface area contributed by atoms with Crippen LogP contribution in [0.1, 0.15) is 50.5 Å². The molecule has 1 saturated carbocycles. The molecule has 0 bridgehead atoms. The molecule has 3 rings (SSSR count). The van der Waals surface area contributed by atoms with Crippen molar-refractivity contribution in [3.05, 3.63) is 35.9 Å². The van der Waals surface area contributed by atoms with Crippen molar-refractivity contribution in [2.45, 2.75) is 57.1 Å². The highest BCUT2D eigenvalue weighted by Gasteiger charge is 2.30. The zero-order valence-electron chi connectivity index (χ0n) is 12.3. The minimum absolute atomic E-state index is 0.0171. The van der Waals surface area contributed by atoms with Crippen LogP contribution in [0.3, 0.4) is 0 Å². The Kier molecular flexibility index (Phi) is 4.53. The molecule has 1 amide bonds. The highest BCUT2D eigenvalue weighted by molar-refractivity contribution is 6.04. The van der Waals surface area contributed by atoms with E-state index in [1.165, 1.54) is 25.7 Å². The van der Waals surface area contributed by atoms with Crippen molar-refractivity contribution in [1.82, 2.24) is 5.32 Å². The number of hydrogen-bond donors (Lipinski definition) is 1. The lowest BCUT2D eigenvalue weighted by atomic mass is 10.0. The van der Waals surface area contributed by atoms with Crippen molar-refractivity contribution in [1.29, 1.82) is 0 Å². The summed E-state index contributed by atoms with van der Waals surface area (Å²) in [7, 11) is 0. The van der Waals surface area contributed by atoms with Crippen LogP contribution in [0.25, 0.3) is 0 Å². The van der Waals surface area contributed by atoms with Crippen molar-refractivity contribution >= 4 is 11.6 Å². The van der Waals surface area contributed by atoms with Crippen LogP contribution in [0.4, 0.5) is 0 Å². The fraction of sp³-hybridized carbons (Fsp3) is 0.529. The number of hydrogen-bond acceptors (Lipinski definition) is 3. The van der Waals surface area contributed by atoms with E-state index in [-0.39, 0.29) is 5.91 Å². The molecule has 1 fully saturated rings. The van der Waals surface area contributed by atoms with E-state index < -0.39 is 6.10 Å². The first-order chi connectivity index (χ1) is 10.3. The number of carbonyl (C=O) groups excluding carboxylic acids is 1. The molecule has 0 unspecified atom stereocenters. The van der Waals surface area contributed by atoms with Gasteiger partial charge in [0.25, 0.3) is 5.91 Å². The van der Waals surface area contributed by atoms with Crippen molar-refractivity contribution < 1.29 is 9.63 Å². The molecule has 1 aliphatic heterocycles. The Hall–Kier alpha value is -1.84. The van der Waals surface area contributed by atoms with E-state index in [4.69, 9.17) is 4.84 Å². The Bertz CT molecular complexity index is 505. The average molecular weight is 286 g/mol. The van der Waals surface area contributed by atoms with Gasteiger partial charge in [-0.25, -0.2) is 0 Å². The fourth-order valence-corrected chi connectivity index (χ4v) is 3.04. The van der Waals surface area contributed by atoms with Crippen molar-refractivity contribution in [2.75, 3.05) is 0 Å². The molecule has 0 saturated heterocycles. The summed E-state index contributed by atoms with van der Waals surface area (Å²) in [6.45, 7) is 0. The molecule has 0 aromatic heterocycles. The first-order valence-electron chi connectivity index (χ1n) is 7.91. The summed E-state index contributed by atoms with van der Waals surface area (Å²) in [5, 5.41) is 7.21. The highest BCUT2D eigenvalue weighted by atomic mass is 16.6. The lowest BCUT2D eigenvalue weighted by Gasteiger charge is -2.18. The number of oxime groups is 1. The van der Waals surface area contributed by atoms with Gasteiger partial charge in [0.05, 0.1) is 5.71 Å². The number of carbonyl (C=O) groups is 1. The van der Waals surface area contributed by atoms with E-state index in [1.54, 1.807) is 0 Å². The molecule has 1 aliphatic carbocycles. The lowest BCUT2D eigenvalue weighted by molar-refractivity contribution is -0.132. The van der Waals surface area contributed by atoms with Gasteiger partial charge in [0, 0.05) is 12.5 Å². The molecule has 1 atom stereocenters. The number of benzene rings is 1. The third-order valence-corrected chi connectivity index (χ3v) is 4.27. The summed E-state index contributed by atoms with van der Waals surface area (Å²) in [5.41, 5.74) is 1.89. The van der Waals surface area contributed by atoms with Gasteiger partial charge in [-0.1, -0.05) is 61.2 Å². The van der Waals surface area contributed by atoms with Gasteiger partial charge in [0.1, 0.15) is 0 Å². The Morgan fingerprint density at radius 3 is 2.52 bits per heavy atom. The molecule has 1 N–H and O–H groups in total. The van der Waals surface area contributed by atoms with Crippen LogP contribution in [0, 0.1) is 0 Å². The van der Waals surface area contributed by atoms with Crippen LogP contribution in [0.15, 0.2) is 35.5 Å². The van der Waals surface area contributed by atoms with Crippen LogP contribution in [0.5, 0.6) is 0 Å². The van der Waals surface area contributed by atoms with Gasteiger partial charge < -0.3 is 10.2 Å². The third-order valence-electron chi connectivity index (χ3n) is 4.27. The van der Waals surface area contributed by atoms with E-state index in [9.17, 15) is 4.79 Å². The average Bonchev–Trinajstić information content (AvgIpc) is 2.88. The summed E-state index contributed by atoms with van der Waals surface area (Å²) < 4.78 is 0. The van der Waals surface area contributed by atoms with E-state index in [0.717, 1.165) is 24.1 Å². The molecule has 1 aromatic carbocycles. The maximum Gasteiger partial charge on any atom is 0.264 e. The molecule has 4 nitrogen and oxygen atoms in total. The quantitative estimate of drug-likeness (QED) is 0.868. The number of nitrogens with one attached hydrogen (secondary N) is 1. The monoisotopic (exact) mass is 286 g/mol. The SMILES string of the molecule is O=C(NC1CCCCCC1)[C@@H]1CC(c2ccccc2)=NO1. The molecule has 1 aromatic rings. The lowest BCUT2D eigenvalue weighted by Crippen LogP contribution is -2.41. The standard InChI is InChI=1S/C17H22N2O2/c20-17(18-14-10-6-1-2-7-11-14)16-12-15(19-21-16)13-8-4-3-5-9-13/h3-5,8-9,14,16H,1-2,6-7,10-12H2,(H,18,20)/t16-/m0/s1. The topological polar surface area (TPSA) is 50.7 Å². The van der Waals surface area contributed by atoms with Crippen molar-refractivity contribution in [2.24, 2.45) is 5.16 Å². The Morgan fingerprint density at radius 2 is 1.81 bits per heavy atom. The van der Waals surface area contributed by atoms with E-state index in [0.29, 0.717) is 12.5 Å². The molecular weight excluding hydrogens is 264 g/mol. The zero-order valence-corrected chi connectivity index (χ0v) is 12.3.